The molecular weight excluding hydrogens is 385 g/mol. The van der Waals surface area contributed by atoms with E-state index in [2.05, 4.69) is 10.3 Å². The second-order valence-corrected chi connectivity index (χ2v) is 7.28. The minimum Gasteiger partial charge on any atom is -0.368 e. The van der Waals surface area contributed by atoms with Crippen molar-refractivity contribution in [3.63, 3.8) is 0 Å². The fourth-order valence-corrected chi connectivity index (χ4v) is 2.96. The van der Waals surface area contributed by atoms with E-state index in [1.807, 2.05) is 13.8 Å². The highest BCUT2D eigenvalue weighted by Gasteiger charge is 2.27. The lowest BCUT2D eigenvalue weighted by Gasteiger charge is -2.28. The van der Waals surface area contributed by atoms with Crippen LogP contribution in [-0.4, -0.2) is 29.9 Å². The lowest BCUT2D eigenvalue weighted by atomic mass is 10.0. The number of hydrogen-bond donors (Lipinski definition) is 3. The Kier molecular flexibility index (Phi) is 6.80. The fourth-order valence-electron chi connectivity index (χ4n) is 2.77. The molecule has 5 N–H and O–H groups in total. The minimum absolute atomic E-state index is 0.0470. The second kappa shape index (κ2) is 8.88. The number of carbonyl (C=O) groups is 2. The summed E-state index contributed by atoms with van der Waals surface area (Å²) in [6, 6.07) is 6.93. The van der Waals surface area contributed by atoms with Crippen molar-refractivity contribution in [1.82, 2.24) is 4.98 Å². The smallest absolute Gasteiger partial charge is 0.252 e. The molecule has 7 nitrogen and oxygen atoms in total. The molecule has 28 heavy (non-hydrogen) atoms. The van der Waals surface area contributed by atoms with Gasteiger partial charge in [-0.25, -0.2) is 9.37 Å². The van der Waals surface area contributed by atoms with Crippen LogP contribution in [-0.2, 0) is 4.79 Å². The number of halogens is 2. The van der Waals surface area contributed by atoms with Crippen molar-refractivity contribution in [3.8, 4) is 0 Å². The number of nitrogens with two attached hydrogens (primary N) is 2. The number of aromatic nitrogens is 1. The Morgan fingerprint density at radius 2 is 1.96 bits per heavy atom. The van der Waals surface area contributed by atoms with Gasteiger partial charge < -0.3 is 21.7 Å². The first-order valence-electron chi connectivity index (χ1n) is 8.65. The number of amides is 2. The highest BCUT2D eigenvalue weighted by Crippen LogP contribution is 2.28. The number of likely N-dealkylation sites (N-methyl/N-ethyl adjacent to an activating group) is 1. The molecule has 1 unspecified atom stereocenters. The van der Waals surface area contributed by atoms with Crippen LogP contribution < -0.4 is 21.7 Å². The van der Waals surface area contributed by atoms with Crippen molar-refractivity contribution >= 4 is 40.7 Å². The van der Waals surface area contributed by atoms with Gasteiger partial charge in [0.15, 0.2) is 11.6 Å². The third-order valence-corrected chi connectivity index (χ3v) is 4.37. The Bertz CT molecular complexity index is 891. The number of benzene rings is 1. The van der Waals surface area contributed by atoms with Crippen LogP contribution in [0.4, 0.5) is 21.7 Å². The van der Waals surface area contributed by atoms with Gasteiger partial charge in [-0.15, -0.1) is 0 Å². The first-order valence-corrected chi connectivity index (χ1v) is 9.03. The van der Waals surface area contributed by atoms with Gasteiger partial charge >= 0.3 is 0 Å². The van der Waals surface area contributed by atoms with E-state index in [1.165, 1.54) is 11.9 Å². The van der Waals surface area contributed by atoms with Crippen molar-refractivity contribution in [2.24, 2.45) is 17.4 Å². The maximum atomic E-state index is 14.7. The summed E-state index contributed by atoms with van der Waals surface area (Å²) < 4.78 is 14.7. The van der Waals surface area contributed by atoms with Crippen LogP contribution >= 0.6 is 11.6 Å². The Morgan fingerprint density at radius 3 is 2.50 bits per heavy atom. The lowest BCUT2D eigenvalue weighted by Crippen LogP contribution is -2.44. The van der Waals surface area contributed by atoms with E-state index >= 15 is 0 Å². The van der Waals surface area contributed by atoms with Gasteiger partial charge in [0, 0.05) is 17.8 Å². The Morgan fingerprint density at radius 1 is 1.29 bits per heavy atom. The fraction of sp³-hybridized carbons (Fsp3) is 0.316. The van der Waals surface area contributed by atoms with E-state index in [4.69, 9.17) is 23.1 Å². The highest BCUT2D eigenvalue weighted by atomic mass is 35.5. The molecule has 150 valence electrons. The van der Waals surface area contributed by atoms with Crippen molar-refractivity contribution in [2.75, 3.05) is 17.3 Å². The molecule has 0 aliphatic carbocycles. The predicted molar refractivity (Wildman–Crippen MR) is 108 cm³/mol. The van der Waals surface area contributed by atoms with Gasteiger partial charge in [-0.05, 0) is 36.6 Å². The SMILES string of the molecule is CC(C)CC(C(N)=O)N(C)c1nc(Nc2cccc(Cl)c2)c(C(N)=O)cc1F. The molecule has 2 aromatic rings. The summed E-state index contributed by atoms with van der Waals surface area (Å²) in [4.78, 5) is 29.2. The molecule has 0 aliphatic rings. The molecule has 0 saturated carbocycles. The first-order chi connectivity index (χ1) is 13.1. The molecule has 1 aromatic carbocycles. The molecule has 9 heteroatoms. The first kappa shape index (κ1) is 21.4. The van der Waals surface area contributed by atoms with E-state index in [0.29, 0.717) is 17.1 Å². The van der Waals surface area contributed by atoms with Crippen LogP contribution in [0, 0.1) is 11.7 Å². The zero-order valence-electron chi connectivity index (χ0n) is 15.9. The van der Waals surface area contributed by atoms with Crippen LogP contribution in [0.3, 0.4) is 0 Å². The quantitative estimate of drug-likeness (QED) is 0.622. The van der Waals surface area contributed by atoms with Crippen LogP contribution in [0.2, 0.25) is 5.02 Å². The normalized spacial score (nSPS) is 11.9. The molecule has 1 heterocycles. The third-order valence-electron chi connectivity index (χ3n) is 4.14. The van der Waals surface area contributed by atoms with Crippen molar-refractivity contribution < 1.29 is 14.0 Å². The van der Waals surface area contributed by atoms with E-state index in [0.717, 1.165) is 6.07 Å². The van der Waals surface area contributed by atoms with Gasteiger partial charge in [0.2, 0.25) is 5.91 Å². The van der Waals surface area contributed by atoms with Crippen LogP contribution in [0.5, 0.6) is 0 Å². The standard InChI is InChI=1S/C19H23ClFN5O2/c1-10(2)7-15(17(23)28)26(3)19-14(21)9-13(16(22)27)18(25-19)24-12-6-4-5-11(20)8-12/h4-6,8-10,15H,7H2,1-3H3,(H2,22,27)(H2,23,28)(H,24,25). The molecule has 0 spiro atoms. The molecule has 0 radical (unpaired) electrons. The molecule has 2 rings (SSSR count). The molecule has 1 aromatic heterocycles. The Labute approximate surface area is 167 Å². The summed E-state index contributed by atoms with van der Waals surface area (Å²) in [6.45, 7) is 3.85. The van der Waals surface area contributed by atoms with Crippen molar-refractivity contribution in [3.05, 3.63) is 46.7 Å². The van der Waals surface area contributed by atoms with Crippen LogP contribution in [0.15, 0.2) is 30.3 Å². The maximum Gasteiger partial charge on any atom is 0.252 e. The van der Waals surface area contributed by atoms with Gasteiger partial charge in [0.05, 0.1) is 5.56 Å². The zero-order valence-corrected chi connectivity index (χ0v) is 16.6. The number of primary amides is 2. The maximum absolute atomic E-state index is 14.7. The summed E-state index contributed by atoms with van der Waals surface area (Å²) >= 11 is 5.97. The summed E-state index contributed by atoms with van der Waals surface area (Å²) in [5, 5.41) is 3.39. The van der Waals surface area contributed by atoms with Crippen LogP contribution in [0.25, 0.3) is 0 Å². The van der Waals surface area contributed by atoms with Gasteiger partial charge in [-0.1, -0.05) is 31.5 Å². The highest BCUT2D eigenvalue weighted by molar-refractivity contribution is 6.30. The number of carbonyl (C=O) groups excluding carboxylic acids is 2. The number of nitrogens with one attached hydrogen (secondary N) is 1. The zero-order chi connectivity index (χ0) is 21.0. The number of pyridine rings is 1. The van der Waals surface area contributed by atoms with Crippen molar-refractivity contribution in [2.45, 2.75) is 26.3 Å². The topological polar surface area (TPSA) is 114 Å². The van der Waals surface area contributed by atoms with Crippen LogP contribution in [0.1, 0.15) is 30.6 Å². The van der Waals surface area contributed by atoms with Gasteiger partial charge in [-0.2, -0.15) is 0 Å². The average Bonchev–Trinajstić information content (AvgIpc) is 2.59. The molecule has 0 saturated heterocycles. The Hall–Kier alpha value is -2.87. The van der Waals surface area contributed by atoms with E-state index < -0.39 is 23.7 Å². The number of nitrogens with zero attached hydrogens (tertiary/aromatic N) is 2. The number of rotatable bonds is 8. The second-order valence-electron chi connectivity index (χ2n) is 6.85. The van der Waals surface area contributed by atoms with Gasteiger partial charge in [0.25, 0.3) is 5.91 Å². The summed E-state index contributed by atoms with van der Waals surface area (Å²) in [7, 11) is 1.52. The monoisotopic (exact) mass is 407 g/mol. The van der Waals surface area contributed by atoms with Gasteiger partial charge in [0.1, 0.15) is 11.9 Å². The van der Waals surface area contributed by atoms with Crippen molar-refractivity contribution in [1.29, 1.82) is 0 Å². The van der Waals surface area contributed by atoms with E-state index in [1.54, 1.807) is 24.3 Å². The van der Waals surface area contributed by atoms with Gasteiger partial charge in [-0.3, -0.25) is 9.59 Å². The van der Waals surface area contributed by atoms with E-state index in [9.17, 15) is 14.0 Å². The average molecular weight is 408 g/mol. The minimum atomic E-state index is -0.848. The predicted octanol–water partition coefficient (Wildman–Crippen LogP) is 3.05. The molecule has 0 fully saturated rings. The summed E-state index contributed by atoms with van der Waals surface area (Å²) in [5.41, 5.74) is 11.3. The molecule has 0 aliphatic heterocycles. The largest absolute Gasteiger partial charge is 0.368 e. The summed E-state index contributed by atoms with van der Waals surface area (Å²) in [6.07, 6.45) is 0.418. The third kappa shape index (κ3) is 5.10. The molecule has 0 bridgehead atoms. The Balaban J connectivity index is 2.50. The number of hydrogen-bond acceptors (Lipinski definition) is 5. The number of anilines is 3. The molecule has 2 amide bonds. The molecule has 1 atom stereocenters. The lowest BCUT2D eigenvalue weighted by molar-refractivity contribution is -0.119. The summed E-state index contributed by atoms with van der Waals surface area (Å²) in [5.74, 6) is -2.16. The van der Waals surface area contributed by atoms with E-state index in [-0.39, 0.29) is 23.1 Å². The molecular formula is C19H23ClFN5O2.